The van der Waals surface area contributed by atoms with Crippen LogP contribution in [0, 0.1) is 18.7 Å². The van der Waals surface area contributed by atoms with Crippen LogP contribution < -0.4 is 10.6 Å². The van der Waals surface area contributed by atoms with E-state index < -0.39 is 0 Å². The van der Waals surface area contributed by atoms with E-state index in [1.54, 1.807) is 47.1 Å². The fourth-order valence-corrected chi connectivity index (χ4v) is 3.90. The Bertz CT molecular complexity index is 1090. The number of hydrogen-bond donors (Lipinski definition) is 2. The minimum absolute atomic E-state index is 0.0160. The van der Waals surface area contributed by atoms with Crippen molar-refractivity contribution in [3.8, 4) is 5.69 Å². The molecule has 1 aromatic heterocycles. The van der Waals surface area contributed by atoms with E-state index >= 15 is 0 Å². The second kappa shape index (κ2) is 9.12. The number of aromatic nitrogens is 2. The van der Waals surface area contributed by atoms with Crippen LogP contribution in [-0.2, 0) is 4.79 Å². The number of amides is 2. The average Bonchev–Trinajstić information content (AvgIpc) is 3.15. The lowest BCUT2D eigenvalue weighted by atomic mass is 9.88. The molecule has 0 bridgehead atoms. The van der Waals surface area contributed by atoms with E-state index in [-0.39, 0.29) is 23.5 Å². The maximum atomic E-state index is 13.3. The van der Waals surface area contributed by atoms with Gasteiger partial charge in [-0.1, -0.05) is 25.3 Å². The van der Waals surface area contributed by atoms with Gasteiger partial charge in [0.05, 0.1) is 11.4 Å². The molecule has 1 aliphatic rings. The first kappa shape index (κ1) is 20.8. The first-order valence-corrected chi connectivity index (χ1v) is 10.5. The van der Waals surface area contributed by atoms with Crippen LogP contribution in [0.25, 0.3) is 5.69 Å². The van der Waals surface area contributed by atoms with Gasteiger partial charge in [-0.05, 0) is 62.2 Å². The van der Waals surface area contributed by atoms with Gasteiger partial charge in [-0.2, -0.15) is 5.10 Å². The lowest BCUT2D eigenvalue weighted by Gasteiger charge is -2.20. The Hall–Kier alpha value is -3.48. The summed E-state index contributed by atoms with van der Waals surface area (Å²) in [4.78, 5) is 25.4. The summed E-state index contributed by atoms with van der Waals surface area (Å²) in [5.74, 6) is -0.130. The van der Waals surface area contributed by atoms with Crippen molar-refractivity contribution in [3.05, 3.63) is 71.7 Å². The maximum Gasteiger partial charge on any atom is 0.256 e. The normalized spacial score (nSPS) is 14.3. The monoisotopic (exact) mass is 420 g/mol. The van der Waals surface area contributed by atoms with Gasteiger partial charge in [0.1, 0.15) is 11.6 Å². The third kappa shape index (κ3) is 4.99. The van der Waals surface area contributed by atoms with Crippen molar-refractivity contribution in [2.45, 2.75) is 39.0 Å². The molecule has 0 radical (unpaired) electrons. The van der Waals surface area contributed by atoms with E-state index in [9.17, 15) is 14.0 Å². The molecule has 2 aromatic carbocycles. The largest absolute Gasteiger partial charge is 0.326 e. The zero-order valence-corrected chi connectivity index (χ0v) is 17.4. The Morgan fingerprint density at radius 2 is 1.74 bits per heavy atom. The van der Waals surface area contributed by atoms with Gasteiger partial charge >= 0.3 is 0 Å². The van der Waals surface area contributed by atoms with E-state index in [0.717, 1.165) is 25.7 Å². The van der Waals surface area contributed by atoms with Crippen molar-refractivity contribution in [2.24, 2.45) is 5.92 Å². The van der Waals surface area contributed by atoms with Crippen LogP contribution in [0.5, 0.6) is 0 Å². The molecule has 6 nitrogen and oxygen atoms in total. The Kier molecular flexibility index (Phi) is 6.11. The summed E-state index contributed by atoms with van der Waals surface area (Å²) < 4.78 is 14.8. The van der Waals surface area contributed by atoms with Crippen molar-refractivity contribution in [1.82, 2.24) is 9.78 Å². The number of hydrogen-bond acceptors (Lipinski definition) is 3. The summed E-state index contributed by atoms with van der Waals surface area (Å²) in [6.45, 7) is 1.82. The van der Waals surface area contributed by atoms with Crippen LogP contribution in [0.15, 0.2) is 54.6 Å². The summed E-state index contributed by atoms with van der Waals surface area (Å²) >= 11 is 0. The predicted molar refractivity (Wildman–Crippen MR) is 118 cm³/mol. The molecule has 0 spiro atoms. The Morgan fingerprint density at radius 1 is 1.00 bits per heavy atom. The minimum atomic E-state index is -0.342. The zero-order valence-electron chi connectivity index (χ0n) is 17.4. The summed E-state index contributed by atoms with van der Waals surface area (Å²) in [5.41, 5.74) is 2.38. The van der Waals surface area contributed by atoms with Crippen molar-refractivity contribution in [3.63, 3.8) is 0 Å². The number of anilines is 2. The number of carbonyl (C=O) groups excluding carboxylic acids is 2. The zero-order chi connectivity index (χ0) is 21.8. The molecule has 0 saturated heterocycles. The van der Waals surface area contributed by atoms with Gasteiger partial charge in [0.15, 0.2) is 0 Å². The highest BCUT2D eigenvalue weighted by Gasteiger charge is 2.21. The summed E-state index contributed by atoms with van der Waals surface area (Å²) in [5, 5.41) is 10.2. The minimum Gasteiger partial charge on any atom is -0.326 e. The third-order valence-corrected chi connectivity index (χ3v) is 5.51. The number of nitrogens with one attached hydrogen (secondary N) is 2. The quantitative estimate of drug-likeness (QED) is 0.604. The SMILES string of the molecule is Cc1cc(NC(=O)c2cccc(NC(=O)C3CCCCC3)c2)n(-c2ccc(F)cc2)n1. The van der Waals surface area contributed by atoms with E-state index in [1.807, 2.05) is 6.92 Å². The number of carbonyl (C=O) groups is 2. The molecule has 1 aliphatic carbocycles. The van der Waals surface area contributed by atoms with Crippen LogP contribution in [0.3, 0.4) is 0 Å². The summed E-state index contributed by atoms with van der Waals surface area (Å²) in [7, 11) is 0. The van der Waals surface area contributed by atoms with E-state index in [2.05, 4.69) is 15.7 Å². The highest BCUT2D eigenvalue weighted by Crippen LogP contribution is 2.25. The van der Waals surface area contributed by atoms with Crippen LogP contribution >= 0.6 is 0 Å². The number of benzene rings is 2. The fraction of sp³-hybridized carbons (Fsp3) is 0.292. The molecule has 1 saturated carbocycles. The molecule has 0 unspecified atom stereocenters. The van der Waals surface area contributed by atoms with Crippen LogP contribution in [0.2, 0.25) is 0 Å². The molecule has 2 N–H and O–H groups in total. The number of aryl methyl sites for hydroxylation is 1. The van der Waals surface area contributed by atoms with Gasteiger partial charge in [-0.25, -0.2) is 9.07 Å². The molecule has 2 amide bonds. The van der Waals surface area contributed by atoms with E-state index in [0.29, 0.717) is 28.5 Å². The molecule has 4 rings (SSSR count). The van der Waals surface area contributed by atoms with E-state index in [4.69, 9.17) is 0 Å². The lowest BCUT2D eigenvalue weighted by molar-refractivity contribution is -0.120. The molecule has 160 valence electrons. The molecule has 3 aromatic rings. The Labute approximate surface area is 180 Å². The molecule has 1 heterocycles. The van der Waals surface area contributed by atoms with Gasteiger partial charge in [0, 0.05) is 23.2 Å². The van der Waals surface area contributed by atoms with Gasteiger partial charge in [-0.15, -0.1) is 0 Å². The molecule has 0 atom stereocenters. The second-order valence-electron chi connectivity index (χ2n) is 7.92. The summed E-state index contributed by atoms with van der Waals surface area (Å²) in [6.07, 6.45) is 5.19. The molecule has 31 heavy (non-hydrogen) atoms. The highest BCUT2D eigenvalue weighted by molar-refractivity contribution is 6.05. The Morgan fingerprint density at radius 3 is 2.48 bits per heavy atom. The third-order valence-electron chi connectivity index (χ3n) is 5.51. The first-order chi connectivity index (χ1) is 15.0. The highest BCUT2D eigenvalue weighted by atomic mass is 19.1. The number of halogens is 1. The van der Waals surface area contributed by atoms with Crippen molar-refractivity contribution >= 4 is 23.3 Å². The van der Waals surface area contributed by atoms with Crippen molar-refractivity contribution in [1.29, 1.82) is 0 Å². The van der Waals surface area contributed by atoms with Crippen LogP contribution in [0.4, 0.5) is 15.9 Å². The molecule has 0 aliphatic heterocycles. The van der Waals surface area contributed by atoms with Gasteiger partial charge in [-0.3, -0.25) is 9.59 Å². The molecular weight excluding hydrogens is 395 g/mol. The van der Waals surface area contributed by atoms with E-state index in [1.165, 1.54) is 18.6 Å². The Balaban J connectivity index is 1.49. The lowest BCUT2D eigenvalue weighted by Crippen LogP contribution is -2.25. The van der Waals surface area contributed by atoms with Crippen molar-refractivity contribution in [2.75, 3.05) is 10.6 Å². The predicted octanol–water partition coefficient (Wildman–Crippen LogP) is 5.09. The smallest absolute Gasteiger partial charge is 0.256 e. The fourth-order valence-electron chi connectivity index (χ4n) is 3.90. The maximum absolute atomic E-state index is 13.3. The van der Waals surface area contributed by atoms with Crippen molar-refractivity contribution < 1.29 is 14.0 Å². The van der Waals surface area contributed by atoms with Crippen LogP contribution in [-0.4, -0.2) is 21.6 Å². The second-order valence-corrected chi connectivity index (χ2v) is 7.92. The van der Waals surface area contributed by atoms with Gasteiger partial charge in [0.2, 0.25) is 5.91 Å². The molecule has 7 heteroatoms. The molecule has 1 fully saturated rings. The van der Waals surface area contributed by atoms with Crippen LogP contribution in [0.1, 0.15) is 48.2 Å². The first-order valence-electron chi connectivity index (χ1n) is 10.5. The topological polar surface area (TPSA) is 76.0 Å². The summed E-state index contributed by atoms with van der Waals surface area (Å²) in [6, 6.07) is 14.5. The number of nitrogens with zero attached hydrogens (tertiary/aromatic N) is 2. The standard InChI is InChI=1S/C24H25FN4O2/c1-16-14-22(29(28-16)21-12-10-19(25)11-13-21)27-24(31)18-8-5-9-20(15-18)26-23(30)17-6-3-2-4-7-17/h5,8-15,17H,2-4,6-7H2,1H3,(H,26,30)(H,27,31). The average molecular weight is 420 g/mol. The molecular formula is C24H25FN4O2. The van der Waals surface area contributed by atoms with Gasteiger partial charge < -0.3 is 10.6 Å². The van der Waals surface area contributed by atoms with Gasteiger partial charge in [0.25, 0.3) is 5.91 Å². The number of rotatable bonds is 5.